The van der Waals surface area contributed by atoms with Crippen molar-refractivity contribution in [2.75, 3.05) is 13.1 Å². The van der Waals surface area contributed by atoms with Crippen LogP contribution in [0.5, 0.6) is 0 Å². The minimum Gasteiger partial charge on any atom is -0.316 e. The molecule has 1 aliphatic heterocycles. The number of carbonyl (C=O) groups is 1. The van der Waals surface area contributed by atoms with Gasteiger partial charge in [0.25, 0.3) is 0 Å². The number of nitrogens with one attached hydrogen (secondary N) is 1. The summed E-state index contributed by atoms with van der Waals surface area (Å²) in [4.78, 5) is 12.1. The summed E-state index contributed by atoms with van der Waals surface area (Å²) < 4.78 is 1.01. The van der Waals surface area contributed by atoms with Gasteiger partial charge in [0.2, 0.25) is 0 Å². The fourth-order valence-corrected chi connectivity index (χ4v) is 2.19. The number of benzene rings is 1. The average molecular weight is 268 g/mol. The molecule has 1 saturated heterocycles. The van der Waals surface area contributed by atoms with E-state index in [1.54, 1.807) is 0 Å². The van der Waals surface area contributed by atoms with Crippen LogP contribution in [-0.4, -0.2) is 18.9 Å². The van der Waals surface area contributed by atoms with Gasteiger partial charge in [-0.3, -0.25) is 4.79 Å². The van der Waals surface area contributed by atoms with E-state index >= 15 is 0 Å². The van der Waals surface area contributed by atoms with Gasteiger partial charge in [-0.25, -0.2) is 0 Å². The van der Waals surface area contributed by atoms with E-state index < -0.39 is 0 Å². The number of halogens is 1. The van der Waals surface area contributed by atoms with Crippen LogP contribution in [0, 0.1) is 5.92 Å². The van der Waals surface area contributed by atoms with Crippen molar-refractivity contribution >= 4 is 21.7 Å². The Labute approximate surface area is 98.2 Å². The molecule has 0 saturated carbocycles. The molecule has 1 fully saturated rings. The maximum absolute atomic E-state index is 12.1. The number of hydrogen-bond acceptors (Lipinski definition) is 2. The Bertz CT molecular complexity index is 341. The van der Waals surface area contributed by atoms with E-state index in [0.717, 1.165) is 36.0 Å². The van der Waals surface area contributed by atoms with E-state index in [4.69, 9.17) is 0 Å². The number of piperidine rings is 1. The first kappa shape index (κ1) is 10.8. The molecule has 1 heterocycles. The molecule has 0 radical (unpaired) electrons. The third-order valence-electron chi connectivity index (χ3n) is 2.80. The number of hydrogen-bond donors (Lipinski definition) is 1. The lowest BCUT2D eigenvalue weighted by Crippen LogP contribution is -2.34. The highest BCUT2D eigenvalue weighted by Crippen LogP contribution is 2.18. The molecule has 1 aromatic rings. The molecule has 1 atom stereocenters. The molecule has 3 heteroatoms. The molecule has 15 heavy (non-hydrogen) atoms. The second-order valence-corrected chi connectivity index (χ2v) is 4.83. The predicted molar refractivity (Wildman–Crippen MR) is 64.1 cm³/mol. The van der Waals surface area contributed by atoms with E-state index in [0.29, 0.717) is 0 Å². The first-order valence-electron chi connectivity index (χ1n) is 5.28. The van der Waals surface area contributed by atoms with Crippen LogP contribution in [0.2, 0.25) is 0 Å². The van der Waals surface area contributed by atoms with Gasteiger partial charge in [0.1, 0.15) is 0 Å². The first-order valence-corrected chi connectivity index (χ1v) is 6.07. The van der Waals surface area contributed by atoms with Crippen molar-refractivity contribution in [3.05, 3.63) is 34.3 Å². The summed E-state index contributed by atoms with van der Waals surface area (Å²) in [7, 11) is 0. The van der Waals surface area contributed by atoms with Crippen molar-refractivity contribution in [2.45, 2.75) is 12.8 Å². The molecular weight excluding hydrogens is 254 g/mol. The zero-order valence-corrected chi connectivity index (χ0v) is 10.1. The Morgan fingerprint density at radius 2 is 2.07 bits per heavy atom. The Hall–Kier alpha value is -0.670. The number of carbonyl (C=O) groups excluding carboxylic acids is 1. The van der Waals surface area contributed by atoms with Gasteiger partial charge in [-0.2, -0.15) is 0 Å². The van der Waals surface area contributed by atoms with Crippen LogP contribution in [0.4, 0.5) is 0 Å². The van der Waals surface area contributed by atoms with Crippen LogP contribution in [-0.2, 0) is 0 Å². The molecule has 0 aliphatic carbocycles. The van der Waals surface area contributed by atoms with E-state index in [1.165, 1.54) is 0 Å². The Morgan fingerprint density at radius 1 is 1.33 bits per heavy atom. The third kappa shape index (κ3) is 2.67. The summed E-state index contributed by atoms with van der Waals surface area (Å²) in [5.41, 5.74) is 0.826. The second kappa shape index (κ2) is 4.90. The van der Waals surface area contributed by atoms with Gasteiger partial charge in [0.15, 0.2) is 5.78 Å². The lowest BCUT2D eigenvalue weighted by Gasteiger charge is -2.21. The molecular formula is C12H14BrNO. The van der Waals surface area contributed by atoms with Gasteiger partial charge in [-0.05, 0) is 31.5 Å². The lowest BCUT2D eigenvalue weighted by atomic mass is 9.91. The van der Waals surface area contributed by atoms with E-state index in [1.807, 2.05) is 24.3 Å². The van der Waals surface area contributed by atoms with Gasteiger partial charge in [-0.1, -0.05) is 28.1 Å². The number of rotatable bonds is 2. The zero-order valence-electron chi connectivity index (χ0n) is 8.50. The highest BCUT2D eigenvalue weighted by atomic mass is 79.9. The smallest absolute Gasteiger partial charge is 0.167 e. The molecule has 0 spiro atoms. The monoisotopic (exact) mass is 267 g/mol. The van der Waals surface area contributed by atoms with Crippen molar-refractivity contribution in [1.29, 1.82) is 0 Å². The van der Waals surface area contributed by atoms with Crippen LogP contribution < -0.4 is 5.32 Å². The number of ketones is 1. The van der Waals surface area contributed by atoms with Crippen molar-refractivity contribution in [1.82, 2.24) is 5.32 Å². The summed E-state index contributed by atoms with van der Waals surface area (Å²) in [6.45, 7) is 1.87. The van der Waals surface area contributed by atoms with Gasteiger partial charge in [-0.15, -0.1) is 0 Å². The van der Waals surface area contributed by atoms with Crippen molar-refractivity contribution in [3.63, 3.8) is 0 Å². The molecule has 1 aliphatic rings. The fraction of sp³-hybridized carbons (Fsp3) is 0.417. The minimum atomic E-state index is 0.167. The highest BCUT2D eigenvalue weighted by molar-refractivity contribution is 9.10. The standard InChI is InChI=1S/C12H14BrNO/c13-11-5-3-9(4-6-11)12(15)10-2-1-7-14-8-10/h3-6,10,14H,1-2,7-8H2/t10-/m1/s1. The molecule has 2 nitrogen and oxygen atoms in total. The maximum atomic E-state index is 12.1. The average Bonchev–Trinajstić information content (AvgIpc) is 2.30. The fourth-order valence-electron chi connectivity index (χ4n) is 1.93. The van der Waals surface area contributed by atoms with Crippen LogP contribution in [0.3, 0.4) is 0 Å². The van der Waals surface area contributed by atoms with Crippen molar-refractivity contribution in [2.24, 2.45) is 5.92 Å². The normalized spacial score (nSPS) is 21.3. The summed E-state index contributed by atoms with van der Waals surface area (Å²) in [5, 5.41) is 3.27. The van der Waals surface area contributed by atoms with E-state index in [2.05, 4.69) is 21.2 Å². The highest BCUT2D eigenvalue weighted by Gasteiger charge is 2.21. The third-order valence-corrected chi connectivity index (χ3v) is 3.33. The van der Waals surface area contributed by atoms with Gasteiger partial charge >= 0.3 is 0 Å². The van der Waals surface area contributed by atoms with Gasteiger partial charge in [0, 0.05) is 22.5 Å². The van der Waals surface area contributed by atoms with Gasteiger partial charge < -0.3 is 5.32 Å². The second-order valence-electron chi connectivity index (χ2n) is 3.91. The molecule has 2 rings (SSSR count). The van der Waals surface area contributed by atoms with Crippen LogP contribution in [0.25, 0.3) is 0 Å². The first-order chi connectivity index (χ1) is 7.27. The molecule has 0 unspecified atom stereocenters. The zero-order chi connectivity index (χ0) is 10.7. The summed E-state index contributed by atoms with van der Waals surface area (Å²) in [5.74, 6) is 0.439. The lowest BCUT2D eigenvalue weighted by molar-refractivity contribution is 0.0899. The van der Waals surface area contributed by atoms with E-state index in [-0.39, 0.29) is 11.7 Å². The van der Waals surface area contributed by atoms with Crippen LogP contribution >= 0.6 is 15.9 Å². The molecule has 1 N–H and O–H groups in total. The Kier molecular flexibility index (Phi) is 3.54. The van der Waals surface area contributed by atoms with Gasteiger partial charge in [0.05, 0.1) is 0 Å². The summed E-state index contributed by atoms with van der Waals surface area (Å²) >= 11 is 3.37. The SMILES string of the molecule is O=C(c1ccc(Br)cc1)[C@@H]1CCCNC1. The van der Waals surface area contributed by atoms with E-state index in [9.17, 15) is 4.79 Å². The Balaban J connectivity index is 2.09. The molecule has 80 valence electrons. The number of Topliss-reactive ketones (excluding diaryl/α,β-unsaturated/α-hetero) is 1. The molecule has 0 bridgehead atoms. The Morgan fingerprint density at radius 3 is 2.67 bits per heavy atom. The van der Waals surface area contributed by atoms with Crippen molar-refractivity contribution < 1.29 is 4.79 Å². The maximum Gasteiger partial charge on any atom is 0.167 e. The topological polar surface area (TPSA) is 29.1 Å². The molecule has 0 amide bonds. The molecule has 1 aromatic carbocycles. The largest absolute Gasteiger partial charge is 0.316 e. The minimum absolute atomic E-state index is 0.167. The van der Waals surface area contributed by atoms with Crippen LogP contribution in [0.1, 0.15) is 23.2 Å². The quantitative estimate of drug-likeness (QED) is 0.835. The summed E-state index contributed by atoms with van der Waals surface area (Å²) in [6, 6.07) is 7.62. The van der Waals surface area contributed by atoms with Crippen LogP contribution in [0.15, 0.2) is 28.7 Å². The summed E-state index contributed by atoms with van der Waals surface area (Å²) in [6.07, 6.45) is 2.12. The predicted octanol–water partition coefficient (Wildman–Crippen LogP) is 2.63. The molecule has 0 aromatic heterocycles. The van der Waals surface area contributed by atoms with Crippen molar-refractivity contribution in [3.8, 4) is 0 Å².